The molecule has 4 nitrogen and oxygen atoms in total. The van der Waals surface area contributed by atoms with E-state index in [0.717, 1.165) is 25.2 Å². The fraction of sp³-hybridized carbons (Fsp3) is 0.438. The van der Waals surface area contributed by atoms with E-state index in [1.807, 2.05) is 12.1 Å². The molecule has 2 saturated heterocycles. The van der Waals surface area contributed by atoms with E-state index in [9.17, 15) is 4.79 Å². The molecule has 2 fully saturated rings. The Bertz CT molecular complexity index is 484. The first kappa shape index (κ1) is 14.7. The molecule has 1 aromatic heterocycles. The van der Waals surface area contributed by atoms with Gasteiger partial charge in [-0.1, -0.05) is 13.0 Å². The minimum atomic E-state index is -0.0259. The van der Waals surface area contributed by atoms with Crippen molar-refractivity contribution in [3.05, 3.63) is 43.6 Å². The molecule has 3 heterocycles. The first-order valence-electron chi connectivity index (χ1n) is 6.95. The molecule has 1 N–H and O–H groups in total. The fourth-order valence-corrected chi connectivity index (χ4v) is 3.03. The zero-order chi connectivity index (χ0) is 13.1. The van der Waals surface area contributed by atoms with Crippen LogP contribution in [0.1, 0.15) is 19.3 Å². The summed E-state index contributed by atoms with van der Waals surface area (Å²) >= 11 is 0. The van der Waals surface area contributed by atoms with Gasteiger partial charge in [-0.3, -0.25) is 9.78 Å². The van der Waals surface area contributed by atoms with Crippen LogP contribution < -0.4 is 5.32 Å². The van der Waals surface area contributed by atoms with Crippen molar-refractivity contribution in [2.24, 2.45) is 5.92 Å². The molecule has 0 saturated carbocycles. The molecule has 3 rings (SSSR count). The van der Waals surface area contributed by atoms with E-state index in [2.05, 4.69) is 15.2 Å². The molecule has 20 heavy (non-hydrogen) atoms. The predicted molar refractivity (Wildman–Crippen MR) is 80.1 cm³/mol. The minimum absolute atomic E-state index is 0. The summed E-state index contributed by atoms with van der Waals surface area (Å²) in [6.45, 7) is 3.46. The lowest BCUT2D eigenvalue weighted by Crippen LogP contribution is -2.41. The molecule has 106 valence electrons. The van der Waals surface area contributed by atoms with Crippen LogP contribution in [0.15, 0.2) is 36.2 Å². The van der Waals surface area contributed by atoms with Gasteiger partial charge in [-0.15, -0.1) is 0 Å². The van der Waals surface area contributed by atoms with Crippen molar-refractivity contribution in [3.8, 4) is 0 Å². The third-order valence-electron chi connectivity index (χ3n) is 3.99. The first-order chi connectivity index (χ1) is 9.31. The van der Waals surface area contributed by atoms with Crippen LogP contribution in [-0.4, -0.2) is 35.4 Å². The SMILES string of the molecule is O=C(C=C1CCN2CCCC1C2)Nc1cccnc1.[CH2]. The predicted octanol–water partition coefficient (Wildman–Crippen LogP) is 2.39. The average molecular weight is 271 g/mol. The summed E-state index contributed by atoms with van der Waals surface area (Å²) in [5, 5.41) is 2.87. The number of piperidine rings is 2. The molecule has 1 amide bonds. The lowest BCUT2D eigenvalue weighted by atomic mass is 9.84. The highest BCUT2D eigenvalue weighted by Crippen LogP contribution is 2.30. The Balaban J connectivity index is 0.00000147. The highest BCUT2D eigenvalue weighted by molar-refractivity contribution is 5.99. The second kappa shape index (κ2) is 6.66. The second-order valence-corrected chi connectivity index (χ2v) is 5.34. The Kier molecular flexibility index (Phi) is 4.90. The summed E-state index contributed by atoms with van der Waals surface area (Å²) in [6.07, 6.45) is 8.69. The number of pyridine rings is 1. The zero-order valence-electron chi connectivity index (χ0n) is 11.7. The molecule has 2 atom stereocenters. The van der Waals surface area contributed by atoms with Crippen LogP contribution in [0, 0.1) is 13.3 Å². The van der Waals surface area contributed by atoms with Crippen LogP contribution in [0.2, 0.25) is 0 Å². The number of hydrogen-bond acceptors (Lipinski definition) is 3. The van der Waals surface area contributed by atoms with Crippen molar-refractivity contribution >= 4 is 11.6 Å². The molecule has 2 aliphatic heterocycles. The minimum Gasteiger partial charge on any atom is -0.321 e. The van der Waals surface area contributed by atoms with Crippen LogP contribution >= 0.6 is 0 Å². The van der Waals surface area contributed by atoms with Gasteiger partial charge >= 0.3 is 0 Å². The number of carbonyl (C=O) groups is 1. The molecule has 2 bridgehead atoms. The van der Waals surface area contributed by atoms with Gasteiger partial charge in [0.15, 0.2) is 0 Å². The molecule has 2 aliphatic rings. The summed E-state index contributed by atoms with van der Waals surface area (Å²) < 4.78 is 0. The van der Waals surface area contributed by atoms with Crippen molar-refractivity contribution in [2.45, 2.75) is 19.3 Å². The van der Waals surface area contributed by atoms with Gasteiger partial charge in [-0.05, 0) is 43.9 Å². The van der Waals surface area contributed by atoms with Gasteiger partial charge in [-0.2, -0.15) is 0 Å². The lowest BCUT2D eigenvalue weighted by Gasteiger charge is -2.39. The number of rotatable bonds is 2. The van der Waals surface area contributed by atoms with E-state index in [1.165, 1.54) is 25.0 Å². The maximum Gasteiger partial charge on any atom is 0.248 e. The van der Waals surface area contributed by atoms with E-state index in [0.29, 0.717) is 5.92 Å². The monoisotopic (exact) mass is 271 g/mol. The Morgan fingerprint density at radius 2 is 2.35 bits per heavy atom. The number of anilines is 1. The maximum absolute atomic E-state index is 12.0. The van der Waals surface area contributed by atoms with Crippen LogP contribution in [-0.2, 0) is 4.79 Å². The van der Waals surface area contributed by atoms with Gasteiger partial charge in [0.25, 0.3) is 0 Å². The lowest BCUT2D eigenvalue weighted by molar-refractivity contribution is -0.112. The number of carbonyl (C=O) groups excluding carboxylic acids is 1. The molecule has 0 aliphatic carbocycles. The highest BCUT2D eigenvalue weighted by Gasteiger charge is 2.27. The molecule has 2 radical (unpaired) electrons. The number of amides is 1. The number of fused-ring (bicyclic) bond motifs is 2. The third-order valence-corrected chi connectivity index (χ3v) is 3.99. The molecular weight excluding hydrogens is 250 g/mol. The normalized spacial score (nSPS) is 26.7. The Labute approximate surface area is 120 Å². The molecule has 4 heteroatoms. The molecule has 0 spiro atoms. The van der Waals surface area contributed by atoms with E-state index in [-0.39, 0.29) is 13.3 Å². The van der Waals surface area contributed by atoms with Crippen molar-refractivity contribution in [3.63, 3.8) is 0 Å². The second-order valence-electron chi connectivity index (χ2n) is 5.34. The van der Waals surface area contributed by atoms with Gasteiger partial charge in [0.2, 0.25) is 5.91 Å². The Hall–Kier alpha value is -1.68. The fourth-order valence-electron chi connectivity index (χ4n) is 3.03. The van der Waals surface area contributed by atoms with Gasteiger partial charge in [0, 0.05) is 25.4 Å². The van der Waals surface area contributed by atoms with E-state index >= 15 is 0 Å². The summed E-state index contributed by atoms with van der Waals surface area (Å²) in [7, 11) is 0. The van der Waals surface area contributed by atoms with Crippen molar-refractivity contribution in [1.29, 1.82) is 0 Å². The summed E-state index contributed by atoms with van der Waals surface area (Å²) in [4.78, 5) is 18.5. The molecular formula is C16H21N3O. The largest absolute Gasteiger partial charge is 0.321 e. The van der Waals surface area contributed by atoms with Gasteiger partial charge in [0.1, 0.15) is 0 Å². The molecule has 0 aromatic carbocycles. The van der Waals surface area contributed by atoms with Crippen LogP contribution in [0.4, 0.5) is 5.69 Å². The van der Waals surface area contributed by atoms with Gasteiger partial charge in [0.05, 0.1) is 11.9 Å². The molecule has 1 aromatic rings. The topological polar surface area (TPSA) is 45.2 Å². The Morgan fingerprint density at radius 3 is 3.15 bits per heavy atom. The van der Waals surface area contributed by atoms with Crippen molar-refractivity contribution in [2.75, 3.05) is 25.0 Å². The van der Waals surface area contributed by atoms with Crippen LogP contribution in [0.3, 0.4) is 0 Å². The highest BCUT2D eigenvalue weighted by atomic mass is 16.1. The first-order valence-corrected chi connectivity index (χ1v) is 6.95. The number of hydrogen-bond donors (Lipinski definition) is 1. The smallest absolute Gasteiger partial charge is 0.248 e. The maximum atomic E-state index is 12.0. The summed E-state index contributed by atoms with van der Waals surface area (Å²) in [5.74, 6) is 0.559. The van der Waals surface area contributed by atoms with E-state index < -0.39 is 0 Å². The van der Waals surface area contributed by atoms with E-state index in [4.69, 9.17) is 0 Å². The van der Waals surface area contributed by atoms with Gasteiger partial charge < -0.3 is 10.2 Å². The number of aromatic nitrogens is 1. The molecule has 2 unspecified atom stereocenters. The Morgan fingerprint density at radius 1 is 1.45 bits per heavy atom. The van der Waals surface area contributed by atoms with Crippen molar-refractivity contribution < 1.29 is 4.79 Å². The third kappa shape index (κ3) is 3.45. The zero-order valence-corrected chi connectivity index (χ0v) is 11.7. The van der Waals surface area contributed by atoms with Gasteiger partial charge in [-0.25, -0.2) is 0 Å². The van der Waals surface area contributed by atoms with Crippen LogP contribution in [0.25, 0.3) is 0 Å². The number of nitrogens with one attached hydrogen (secondary N) is 1. The summed E-state index contributed by atoms with van der Waals surface area (Å²) in [6, 6.07) is 3.68. The standard InChI is InChI=1S/C15H19N3O.CH2/c19-15(17-14-4-1-6-16-10-14)9-12-5-8-18-7-2-3-13(12)11-18;/h1,4,6,9-10,13H,2-3,5,7-8,11H2,(H,17,19);1H2. The number of nitrogens with zero attached hydrogens (tertiary/aromatic N) is 2. The average Bonchev–Trinajstić information content (AvgIpc) is 2.44. The van der Waals surface area contributed by atoms with Crippen LogP contribution in [0.5, 0.6) is 0 Å². The summed E-state index contributed by atoms with van der Waals surface area (Å²) in [5.41, 5.74) is 2.07. The van der Waals surface area contributed by atoms with Crippen molar-refractivity contribution in [1.82, 2.24) is 9.88 Å². The van der Waals surface area contributed by atoms with E-state index in [1.54, 1.807) is 18.5 Å². The quantitative estimate of drug-likeness (QED) is 0.840.